The Bertz CT molecular complexity index is 776. The minimum atomic E-state index is -0.258. The Balaban J connectivity index is 1.73. The molecule has 0 spiro atoms. The third kappa shape index (κ3) is 3.21. The van der Waals surface area contributed by atoms with E-state index in [0.717, 1.165) is 34.0 Å². The van der Waals surface area contributed by atoms with Crippen molar-refractivity contribution < 1.29 is 13.3 Å². The fourth-order valence-electron chi connectivity index (χ4n) is 4.97. The van der Waals surface area contributed by atoms with Gasteiger partial charge in [-0.3, -0.25) is 0 Å². The van der Waals surface area contributed by atoms with Crippen molar-refractivity contribution >= 4 is 5.57 Å². The summed E-state index contributed by atoms with van der Waals surface area (Å²) in [5.74, 6) is -0.0576. The van der Waals surface area contributed by atoms with Crippen molar-refractivity contribution in [2.75, 3.05) is 14.1 Å². The predicted octanol–water partition coefficient (Wildman–Crippen LogP) is 5.41. The molecule has 2 aliphatic rings. The Hall–Kier alpha value is -2.00. The van der Waals surface area contributed by atoms with Crippen molar-refractivity contribution in [2.45, 2.75) is 37.8 Å². The number of rotatable bonds is 3. The van der Waals surface area contributed by atoms with E-state index < -0.39 is 0 Å². The summed E-state index contributed by atoms with van der Waals surface area (Å²) in [6, 6.07) is 14.7. The van der Waals surface area contributed by atoms with E-state index in [1.165, 1.54) is 25.0 Å². The SMILES string of the molecule is C[N+]1(C)C2CCC1CC(C=C(c1cccc(F)c1)c1cccc(F)c1)C2. The summed E-state index contributed by atoms with van der Waals surface area (Å²) < 4.78 is 28.8. The number of quaternary nitrogens is 1. The molecule has 2 aromatic rings. The Labute approximate surface area is 154 Å². The molecule has 0 radical (unpaired) electrons. The molecule has 0 N–H and O–H groups in total. The van der Waals surface area contributed by atoms with E-state index in [-0.39, 0.29) is 11.6 Å². The lowest BCUT2D eigenvalue weighted by molar-refractivity contribution is -0.931. The monoisotopic (exact) mass is 354 g/mol. The summed E-state index contributed by atoms with van der Waals surface area (Å²) >= 11 is 0. The fourth-order valence-corrected chi connectivity index (χ4v) is 4.97. The zero-order valence-electron chi connectivity index (χ0n) is 15.5. The lowest BCUT2D eigenvalue weighted by atomic mass is 9.85. The minimum Gasteiger partial charge on any atom is -0.324 e. The van der Waals surface area contributed by atoms with Gasteiger partial charge in [0, 0.05) is 25.7 Å². The van der Waals surface area contributed by atoms with Crippen molar-refractivity contribution in [3.8, 4) is 0 Å². The molecule has 0 aromatic heterocycles. The largest absolute Gasteiger partial charge is 0.324 e. The summed E-state index contributed by atoms with van der Waals surface area (Å²) in [6.45, 7) is 0. The van der Waals surface area contributed by atoms with Gasteiger partial charge < -0.3 is 4.48 Å². The first-order valence-electron chi connectivity index (χ1n) is 9.50. The van der Waals surface area contributed by atoms with Crippen LogP contribution in [0.1, 0.15) is 36.8 Å². The average molecular weight is 354 g/mol. The van der Waals surface area contributed by atoms with Gasteiger partial charge in [-0.1, -0.05) is 30.3 Å². The van der Waals surface area contributed by atoms with Gasteiger partial charge in [-0.2, -0.15) is 0 Å². The van der Waals surface area contributed by atoms with Crippen molar-refractivity contribution in [1.82, 2.24) is 0 Å². The maximum Gasteiger partial charge on any atom is 0.123 e. The van der Waals surface area contributed by atoms with Gasteiger partial charge in [0.1, 0.15) is 11.6 Å². The molecule has 2 saturated heterocycles. The van der Waals surface area contributed by atoms with E-state index >= 15 is 0 Å². The van der Waals surface area contributed by atoms with Crippen molar-refractivity contribution in [2.24, 2.45) is 5.92 Å². The molecule has 1 nitrogen and oxygen atoms in total. The molecule has 4 rings (SSSR count). The maximum absolute atomic E-state index is 13.8. The Morgan fingerprint density at radius 1 is 0.885 bits per heavy atom. The first-order chi connectivity index (χ1) is 12.4. The standard InChI is InChI=1S/C23H26F2N/c1-26(2)21-9-10-22(26)12-16(11-21)13-23(17-5-3-7-19(24)14-17)18-6-4-8-20(25)15-18/h3-8,13-16,21-22H,9-12H2,1-2H3/q+1. The molecular weight excluding hydrogens is 328 g/mol. The lowest BCUT2D eigenvalue weighted by Crippen LogP contribution is -2.54. The molecule has 2 aromatic carbocycles. The quantitative estimate of drug-likeness (QED) is 0.646. The Morgan fingerprint density at radius 2 is 1.38 bits per heavy atom. The minimum absolute atomic E-state index is 0.258. The summed E-state index contributed by atoms with van der Waals surface area (Å²) in [5, 5.41) is 0. The number of piperidine rings is 1. The second-order valence-corrected chi connectivity index (χ2v) is 8.35. The van der Waals surface area contributed by atoms with Crippen LogP contribution in [-0.2, 0) is 0 Å². The van der Waals surface area contributed by atoms with Crippen LogP contribution in [0.3, 0.4) is 0 Å². The Kier molecular flexibility index (Phi) is 4.44. The molecular formula is C23H26F2N+. The molecule has 2 heterocycles. The predicted molar refractivity (Wildman–Crippen MR) is 102 cm³/mol. The van der Waals surface area contributed by atoms with E-state index in [4.69, 9.17) is 0 Å². The molecule has 2 aliphatic heterocycles. The van der Waals surface area contributed by atoms with Gasteiger partial charge in [0.05, 0.1) is 26.2 Å². The average Bonchev–Trinajstić information content (AvgIpc) is 2.77. The van der Waals surface area contributed by atoms with Crippen LogP contribution in [-0.4, -0.2) is 30.7 Å². The number of nitrogens with zero attached hydrogens (tertiary/aromatic N) is 1. The second-order valence-electron chi connectivity index (χ2n) is 8.35. The Morgan fingerprint density at radius 3 is 1.85 bits per heavy atom. The fraction of sp³-hybridized carbons (Fsp3) is 0.391. The van der Waals surface area contributed by atoms with E-state index in [9.17, 15) is 8.78 Å². The van der Waals surface area contributed by atoms with Crippen LogP contribution in [0.15, 0.2) is 54.6 Å². The van der Waals surface area contributed by atoms with Crippen LogP contribution in [0.4, 0.5) is 8.78 Å². The third-order valence-corrected chi connectivity index (χ3v) is 6.54. The number of hydrogen-bond donors (Lipinski definition) is 0. The zero-order chi connectivity index (χ0) is 18.3. The number of hydrogen-bond acceptors (Lipinski definition) is 0. The van der Waals surface area contributed by atoms with Gasteiger partial charge in [0.25, 0.3) is 0 Å². The van der Waals surface area contributed by atoms with Crippen LogP contribution in [0.5, 0.6) is 0 Å². The van der Waals surface area contributed by atoms with Gasteiger partial charge in [0.2, 0.25) is 0 Å². The maximum atomic E-state index is 13.8. The molecule has 0 saturated carbocycles. The van der Waals surface area contributed by atoms with Gasteiger partial charge in [-0.25, -0.2) is 8.78 Å². The molecule has 2 bridgehead atoms. The van der Waals surface area contributed by atoms with Crippen molar-refractivity contribution in [1.29, 1.82) is 0 Å². The van der Waals surface area contributed by atoms with Crippen LogP contribution >= 0.6 is 0 Å². The normalized spacial score (nSPS) is 26.5. The number of halogens is 2. The highest BCUT2D eigenvalue weighted by Gasteiger charge is 2.48. The van der Waals surface area contributed by atoms with Crippen molar-refractivity contribution in [3.05, 3.63) is 77.4 Å². The highest BCUT2D eigenvalue weighted by Crippen LogP contribution is 2.43. The first kappa shape index (κ1) is 17.4. The third-order valence-electron chi connectivity index (χ3n) is 6.54. The molecule has 2 unspecified atom stereocenters. The van der Waals surface area contributed by atoms with E-state index in [1.807, 2.05) is 12.1 Å². The molecule has 2 atom stereocenters. The van der Waals surface area contributed by atoms with E-state index in [2.05, 4.69) is 20.2 Å². The topological polar surface area (TPSA) is 0 Å². The van der Waals surface area contributed by atoms with Gasteiger partial charge in [0.15, 0.2) is 0 Å². The van der Waals surface area contributed by atoms with Crippen LogP contribution in [0.25, 0.3) is 5.57 Å². The lowest BCUT2D eigenvalue weighted by Gasteiger charge is -2.44. The second kappa shape index (κ2) is 6.62. The summed E-state index contributed by atoms with van der Waals surface area (Å²) in [4.78, 5) is 0. The zero-order valence-corrected chi connectivity index (χ0v) is 15.5. The highest BCUT2D eigenvalue weighted by atomic mass is 19.1. The highest BCUT2D eigenvalue weighted by molar-refractivity contribution is 5.80. The molecule has 0 aliphatic carbocycles. The molecule has 26 heavy (non-hydrogen) atoms. The van der Waals surface area contributed by atoms with E-state index in [1.54, 1.807) is 24.3 Å². The van der Waals surface area contributed by atoms with Gasteiger partial charge in [-0.15, -0.1) is 0 Å². The smallest absolute Gasteiger partial charge is 0.123 e. The number of fused-ring (bicyclic) bond motifs is 2. The molecule has 0 amide bonds. The summed E-state index contributed by atoms with van der Waals surface area (Å²) in [6.07, 6.45) is 7.15. The number of benzene rings is 2. The summed E-state index contributed by atoms with van der Waals surface area (Å²) in [5.41, 5.74) is 2.59. The van der Waals surface area contributed by atoms with Crippen LogP contribution < -0.4 is 0 Å². The van der Waals surface area contributed by atoms with E-state index in [0.29, 0.717) is 18.0 Å². The summed E-state index contributed by atoms with van der Waals surface area (Å²) in [7, 11) is 4.70. The van der Waals surface area contributed by atoms with Crippen LogP contribution in [0, 0.1) is 17.6 Å². The van der Waals surface area contributed by atoms with Crippen LogP contribution in [0.2, 0.25) is 0 Å². The molecule has 2 fully saturated rings. The molecule has 3 heteroatoms. The number of allylic oxidation sites excluding steroid dienone is 1. The first-order valence-corrected chi connectivity index (χ1v) is 9.50. The van der Waals surface area contributed by atoms with Crippen molar-refractivity contribution in [3.63, 3.8) is 0 Å². The molecule has 136 valence electrons. The van der Waals surface area contributed by atoms with Gasteiger partial charge >= 0.3 is 0 Å². The van der Waals surface area contributed by atoms with Gasteiger partial charge in [-0.05, 0) is 46.9 Å².